The van der Waals surface area contributed by atoms with Crippen molar-refractivity contribution in [3.8, 4) is 23.0 Å². The molecule has 2 unspecified atom stereocenters. The number of benzene rings is 2. The number of phenols is 4. The topological polar surface area (TPSA) is 227 Å². The van der Waals surface area contributed by atoms with Gasteiger partial charge in [-0.05, 0) is 90.4 Å². The molecular weight excluding hydrogens is 1320 g/mol. The quantitative estimate of drug-likeness (QED) is 0.0543. The summed E-state index contributed by atoms with van der Waals surface area (Å²) < 4.78 is 0.834. The summed E-state index contributed by atoms with van der Waals surface area (Å²) in [5.41, 5.74) is 0.489. The van der Waals surface area contributed by atoms with E-state index in [1.165, 1.54) is 0 Å². The molecule has 2 rings (SSSR count). The minimum absolute atomic E-state index is 0. The minimum atomic E-state index is -1.16. The van der Waals surface area contributed by atoms with Crippen LogP contribution in [0.5, 0.6) is 23.0 Å². The molecule has 2 amide bonds. The van der Waals surface area contributed by atoms with Gasteiger partial charge in [0, 0.05) is 63.9 Å². The van der Waals surface area contributed by atoms with Gasteiger partial charge >= 0.3 is 27.7 Å². The first-order valence-corrected chi connectivity index (χ1v) is 19.9. The van der Waals surface area contributed by atoms with Gasteiger partial charge in [0.15, 0.2) is 0 Å². The standard InChI is InChI=1S/C28H38I4N4O10S2.Hg/c29-19-17(27(45)33-7-13(39)11-37)20(30)24(42)15(23(19)41)9-35(3-5-47)1-2-36(4-6-48)10-16-25(43)21(31)18(22(32)26(16)44)28(46)34-8-14(40)12-38;/h13-14,37-44,47-48H,1-12H2,(H,33,45)(H,34,46);/q;+2. The van der Waals surface area contributed by atoms with Crippen LogP contribution in [0.15, 0.2) is 0 Å². The molecule has 0 fully saturated rings. The van der Waals surface area contributed by atoms with E-state index in [0.29, 0.717) is 37.7 Å². The molecule has 0 aliphatic heterocycles. The van der Waals surface area contributed by atoms with Crippen molar-refractivity contribution in [1.82, 2.24) is 20.4 Å². The molecule has 14 nitrogen and oxygen atoms in total. The Hall–Kier alpha value is 0.895. The van der Waals surface area contributed by atoms with Gasteiger partial charge in [-0.2, -0.15) is 25.3 Å². The Balaban J connectivity index is 0.0000120. The number of nitrogens with one attached hydrogen (secondary N) is 2. The van der Waals surface area contributed by atoms with E-state index in [4.69, 9.17) is 10.2 Å². The maximum absolute atomic E-state index is 12.8. The Morgan fingerprint density at radius 1 is 0.612 bits per heavy atom. The number of aliphatic hydroxyl groups is 4. The molecule has 2 aromatic rings. The van der Waals surface area contributed by atoms with Crippen LogP contribution < -0.4 is 10.6 Å². The third-order valence-electron chi connectivity index (χ3n) is 7.05. The van der Waals surface area contributed by atoms with Crippen LogP contribution in [0.25, 0.3) is 0 Å². The predicted molar refractivity (Wildman–Crippen MR) is 220 cm³/mol. The molecular formula is C28H38HgI4N4O10S2+2. The fourth-order valence-corrected chi connectivity index (χ4v) is 9.36. The number of carbonyl (C=O) groups is 2. The molecule has 0 saturated heterocycles. The van der Waals surface area contributed by atoms with Crippen LogP contribution in [-0.4, -0.2) is 139 Å². The number of thiol groups is 2. The number of aliphatic hydroxyl groups excluding tert-OH is 4. The van der Waals surface area contributed by atoms with Gasteiger partial charge in [-0.25, -0.2) is 0 Å². The Labute approximate surface area is 370 Å². The molecule has 0 heterocycles. The normalized spacial score (nSPS) is 12.6. The van der Waals surface area contributed by atoms with Crippen molar-refractivity contribution in [2.24, 2.45) is 0 Å². The fraction of sp³-hybridized carbons (Fsp3) is 0.500. The second-order valence-corrected chi connectivity index (χ2v) is 15.7. The maximum atomic E-state index is 12.8. The Morgan fingerprint density at radius 3 is 1.14 bits per heavy atom. The molecule has 0 aliphatic rings. The number of carbonyl (C=O) groups excluding carboxylic acids is 2. The van der Waals surface area contributed by atoms with E-state index < -0.39 is 37.2 Å². The van der Waals surface area contributed by atoms with Gasteiger partial charge in [0.2, 0.25) is 0 Å². The summed E-state index contributed by atoms with van der Waals surface area (Å²) in [7, 11) is 0. The maximum Gasteiger partial charge on any atom is 2.00 e. The molecule has 10 N–H and O–H groups in total. The number of amides is 2. The summed E-state index contributed by atoms with van der Waals surface area (Å²) in [5, 5.41) is 86.4. The van der Waals surface area contributed by atoms with Gasteiger partial charge in [-0.1, -0.05) is 0 Å². The Bertz CT molecular complexity index is 1290. The van der Waals surface area contributed by atoms with Crippen LogP contribution in [-0.2, 0) is 40.8 Å². The average molecular weight is 1360 g/mol. The average Bonchev–Trinajstić information content (AvgIpc) is 3.06. The van der Waals surface area contributed by atoms with E-state index >= 15 is 0 Å². The van der Waals surface area contributed by atoms with E-state index in [2.05, 4.69) is 35.9 Å². The van der Waals surface area contributed by atoms with Crippen molar-refractivity contribution in [1.29, 1.82) is 0 Å². The zero-order valence-electron chi connectivity index (χ0n) is 26.0. The van der Waals surface area contributed by atoms with Crippen molar-refractivity contribution in [2.45, 2.75) is 25.3 Å². The predicted octanol–water partition coefficient (Wildman–Crippen LogP) is 1.25. The summed E-state index contributed by atoms with van der Waals surface area (Å²) in [4.78, 5) is 29.5. The van der Waals surface area contributed by atoms with Gasteiger partial charge < -0.3 is 51.5 Å². The zero-order valence-corrected chi connectivity index (χ0v) is 42.0. The molecule has 0 radical (unpaired) electrons. The van der Waals surface area contributed by atoms with Crippen molar-refractivity contribution < 1.29 is 78.1 Å². The zero-order chi connectivity index (χ0) is 36.3. The van der Waals surface area contributed by atoms with Crippen molar-refractivity contribution >= 4 is 127 Å². The number of hydrogen-bond acceptors (Lipinski definition) is 14. The third kappa shape index (κ3) is 13.3. The number of nitrogens with zero attached hydrogens (tertiary/aromatic N) is 2. The van der Waals surface area contributed by atoms with Gasteiger partial charge in [0.25, 0.3) is 11.8 Å². The molecule has 21 heteroatoms. The number of aromatic hydroxyl groups is 4. The van der Waals surface area contributed by atoms with Gasteiger partial charge in [-0.15, -0.1) is 0 Å². The molecule has 0 aromatic heterocycles. The molecule has 2 atom stereocenters. The molecule has 0 aliphatic carbocycles. The van der Waals surface area contributed by atoms with E-state index in [-0.39, 0.29) is 113 Å². The van der Waals surface area contributed by atoms with Crippen LogP contribution in [0.1, 0.15) is 31.8 Å². The van der Waals surface area contributed by atoms with Crippen molar-refractivity contribution in [3.05, 3.63) is 36.5 Å². The second-order valence-electron chi connectivity index (χ2n) is 10.4. The molecule has 2 aromatic carbocycles. The monoisotopic (exact) mass is 1360 g/mol. The third-order valence-corrected chi connectivity index (χ3v) is 11.7. The summed E-state index contributed by atoms with van der Waals surface area (Å²) in [6, 6.07) is 0. The molecule has 0 spiro atoms. The van der Waals surface area contributed by atoms with E-state index in [1.807, 2.05) is 100 Å². The van der Waals surface area contributed by atoms with Crippen LogP contribution >= 0.6 is 116 Å². The number of halogens is 4. The molecule has 49 heavy (non-hydrogen) atoms. The smallest absolute Gasteiger partial charge is 0.506 e. The number of phenolic OH excluding ortho intramolecular Hbond substituents is 4. The van der Waals surface area contributed by atoms with Gasteiger partial charge in [0.05, 0.1) is 62.0 Å². The summed E-state index contributed by atoms with van der Waals surface area (Å²) in [5.74, 6) is -1.45. The van der Waals surface area contributed by atoms with Crippen LogP contribution in [0, 0.1) is 14.3 Å². The summed E-state index contributed by atoms with van der Waals surface area (Å²) >= 11 is 16.0. The summed E-state index contributed by atoms with van der Waals surface area (Å²) in [6.07, 6.45) is -2.32. The first-order chi connectivity index (χ1) is 22.6. The van der Waals surface area contributed by atoms with Crippen LogP contribution in [0.4, 0.5) is 0 Å². The first-order valence-electron chi connectivity index (χ1n) is 14.3. The van der Waals surface area contributed by atoms with Crippen LogP contribution in [0.2, 0.25) is 0 Å². The first kappa shape index (κ1) is 47.9. The van der Waals surface area contributed by atoms with Crippen molar-refractivity contribution in [2.75, 3.05) is 64.0 Å². The largest absolute Gasteiger partial charge is 2.00 e. The van der Waals surface area contributed by atoms with E-state index in [9.17, 15) is 40.2 Å². The van der Waals surface area contributed by atoms with Crippen LogP contribution in [0.3, 0.4) is 0 Å². The van der Waals surface area contributed by atoms with Crippen molar-refractivity contribution in [3.63, 3.8) is 0 Å². The minimum Gasteiger partial charge on any atom is -0.506 e. The summed E-state index contributed by atoms with van der Waals surface area (Å²) in [6.45, 7) is 0.438. The SMILES string of the molecule is O=C(NCC(O)CO)c1c(I)c(O)c(CN(CCS)CCN(CCS)Cc2c(O)c(I)c(C(=O)NCC(O)CO)c(I)c2O)c(O)c1I.[Hg+2]. The van der Waals surface area contributed by atoms with Gasteiger partial charge in [-0.3, -0.25) is 19.4 Å². The second kappa shape index (κ2) is 23.6. The van der Waals surface area contributed by atoms with Gasteiger partial charge in [0.1, 0.15) is 23.0 Å². The Kier molecular flexibility index (Phi) is 23.1. The molecule has 0 bridgehead atoms. The molecule has 270 valence electrons. The Morgan fingerprint density at radius 2 is 0.898 bits per heavy atom. The van der Waals surface area contributed by atoms with E-state index in [1.54, 1.807) is 0 Å². The number of rotatable bonds is 19. The molecule has 0 saturated carbocycles. The number of hydrogen-bond donors (Lipinski definition) is 12. The van der Waals surface area contributed by atoms with E-state index in [0.717, 1.165) is 0 Å². The fourth-order valence-electron chi connectivity index (χ4n) is 4.40.